The van der Waals surface area contributed by atoms with Gasteiger partial charge in [0.1, 0.15) is 5.76 Å². The average molecular weight is 288 g/mol. The largest absolute Gasteiger partial charge is 0.481 e. The van der Waals surface area contributed by atoms with E-state index in [1.54, 1.807) is 36.6 Å². The van der Waals surface area contributed by atoms with Crippen LogP contribution in [0.2, 0.25) is 0 Å². The Kier molecular flexibility index (Phi) is 4.98. The molecule has 0 aliphatic carbocycles. The normalized spacial score (nSPS) is 10.1. The van der Waals surface area contributed by atoms with Crippen LogP contribution >= 0.6 is 0 Å². The standard InChI is InChI=1S/C15H16N2O4/c18-14(19)10-11-3-1-4-12(9-11)17-15(20)16-7-6-13-5-2-8-21-13/h1-5,8-9H,6-7,10H2,(H,18,19)(H2,16,17,20). The molecule has 1 aromatic heterocycles. The molecule has 110 valence electrons. The summed E-state index contributed by atoms with van der Waals surface area (Å²) in [5, 5.41) is 14.1. The molecule has 1 aromatic carbocycles. The zero-order valence-corrected chi connectivity index (χ0v) is 11.3. The molecule has 0 aliphatic rings. The lowest BCUT2D eigenvalue weighted by Crippen LogP contribution is -2.30. The molecule has 0 bridgehead atoms. The van der Waals surface area contributed by atoms with Crippen molar-refractivity contribution in [2.45, 2.75) is 12.8 Å². The molecule has 0 saturated carbocycles. The predicted molar refractivity (Wildman–Crippen MR) is 77.2 cm³/mol. The van der Waals surface area contributed by atoms with Crippen molar-refractivity contribution in [1.82, 2.24) is 5.32 Å². The number of amides is 2. The molecular weight excluding hydrogens is 272 g/mol. The summed E-state index contributed by atoms with van der Waals surface area (Å²) in [6.45, 7) is 0.453. The van der Waals surface area contributed by atoms with E-state index in [-0.39, 0.29) is 12.5 Å². The summed E-state index contributed by atoms with van der Waals surface area (Å²) in [5.74, 6) is -0.103. The Morgan fingerprint density at radius 1 is 1.19 bits per heavy atom. The van der Waals surface area contributed by atoms with Gasteiger partial charge in [-0.3, -0.25) is 4.79 Å². The number of carbonyl (C=O) groups excluding carboxylic acids is 1. The lowest BCUT2D eigenvalue weighted by Gasteiger charge is -2.08. The van der Waals surface area contributed by atoms with Crippen molar-refractivity contribution in [2.24, 2.45) is 0 Å². The van der Waals surface area contributed by atoms with E-state index in [1.165, 1.54) is 0 Å². The third-order valence-electron chi connectivity index (χ3n) is 2.78. The molecular formula is C15H16N2O4. The van der Waals surface area contributed by atoms with Gasteiger partial charge in [-0.25, -0.2) is 4.79 Å². The number of rotatable bonds is 6. The van der Waals surface area contributed by atoms with Gasteiger partial charge in [0.15, 0.2) is 0 Å². The lowest BCUT2D eigenvalue weighted by atomic mass is 10.1. The molecule has 0 aliphatic heterocycles. The van der Waals surface area contributed by atoms with Crippen LogP contribution in [0.25, 0.3) is 0 Å². The second-order valence-electron chi connectivity index (χ2n) is 4.48. The highest BCUT2D eigenvalue weighted by atomic mass is 16.4. The molecule has 2 aromatic rings. The van der Waals surface area contributed by atoms with E-state index < -0.39 is 5.97 Å². The van der Waals surface area contributed by atoms with Crippen LogP contribution in [0.1, 0.15) is 11.3 Å². The Bertz CT molecular complexity index is 608. The number of furan rings is 1. The number of carboxylic acid groups (broad SMARTS) is 1. The number of aliphatic carboxylic acids is 1. The summed E-state index contributed by atoms with van der Waals surface area (Å²) in [4.78, 5) is 22.4. The van der Waals surface area contributed by atoms with Crippen LogP contribution in [0.4, 0.5) is 10.5 Å². The Labute approximate surface area is 121 Å². The van der Waals surface area contributed by atoms with Crippen molar-refractivity contribution < 1.29 is 19.1 Å². The van der Waals surface area contributed by atoms with Gasteiger partial charge in [-0.15, -0.1) is 0 Å². The number of nitrogens with one attached hydrogen (secondary N) is 2. The maximum absolute atomic E-state index is 11.7. The maximum atomic E-state index is 11.7. The molecule has 0 saturated heterocycles. The second-order valence-corrected chi connectivity index (χ2v) is 4.48. The lowest BCUT2D eigenvalue weighted by molar-refractivity contribution is -0.136. The van der Waals surface area contributed by atoms with Crippen molar-refractivity contribution in [1.29, 1.82) is 0 Å². The van der Waals surface area contributed by atoms with Crippen LogP contribution in [0, 0.1) is 0 Å². The summed E-state index contributed by atoms with van der Waals surface area (Å²) < 4.78 is 5.16. The zero-order valence-electron chi connectivity index (χ0n) is 11.3. The van der Waals surface area contributed by atoms with Crippen LogP contribution < -0.4 is 10.6 Å². The molecule has 2 rings (SSSR count). The first-order chi connectivity index (χ1) is 10.1. The first-order valence-electron chi connectivity index (χ1n) is 6.51. The van der Waals surface area contributed by atoms with Crippen LogP contribution in [-0.4, -0.2) is 23.7 Å². The van der Waals surface area contributed by atoms with Crippen LogP contribution in [-0.2, 0) is 17.6 Å². The topological polar surface area (TPSA) is 91.6 Å². The summed E-state index contributed by atoms with van der Waals surface area (Å²) >= 11 is 0. The molecule has 3 N–H and O–H groups in total. The summed E-state index contributed by atoms with van der Waals surface area (Å²) in [6, 6.07) is 10.1. The fourth-order valence-electron chi connectivity index (χ4n) is 1.86. The Morgan fingerprint density at radius 2 is 2.05 bits per heavy atom. The van der Waals surface area contributed by atoms with E-state index >= 15 is 0 Å². The highest BCUT2D eigenvalue weighted by molar-refractivity contribution is 5.89. The van der Waals surface area contributed by atoms with Gasteiger partial charge < -0.3 is 20.2 Å². The van der Waals surface area contributed by atoms with E-state index in [4.69, 9.17) is 9.52 Å². The molecule has 1 heterocycles. The summed E-state index contributed by atoms with van der Waals surface area (Å²) in [6.07, 6.45) is 2.12. The van der Waals surface area contributed by atoms with E-state index in [2.05, 4.69) is 10.6 Å². The van der Waals surface area contributed by atoms with Gasteiger partial charge in [-0.1, -0.05) is 12.1 Å². The number of anilines is 1. The minimum Gasteiger partial charge on any atom is -0.481 e. The zero-order chi connectivity index (χ0) is 15.1. The predicted octanol–water partition coefficient (Wildman–Crippen LogP) is 2.27. The van der Waals surface area contributed by atoms with E-state index in [0.717, 1.165) is 5.76 Å². The third kappa shape index (κ3) is 5.02. The second kappa shape index (κ2) is 7.14. The summed E-state index contributed by atoms with van der Waals surface area (Å²) in [5.41, 5.74) is 1.19. The van der Waals surface area contributed by atoms with Crippen molar-refractivity contribution in [3.8, 4) is 0 Å². The summed E-state index contributed by atoms with van der Waals surface area (Å²) in [7, 11) is 0. The third-order valence-corrected chi connectivity index (χ3v) is 2.78. The highest BCUT2D eigenvalue weighted by Gasteiger charge is 2.05. The number of urea groups is 1. The molecule has 6 nitrogen and oxygen atoms in total. The number of hydrogen-bond acceptors (Lipinski definition) is 3. The van der Waals surface area contributed by atoms with Gasteiger partial charge in [0, 0.05) is 18.7 Å². The van der Waals surface area contributed by atoms with Crippen LogP contribution in [0.3, 0.4) is 0 Å². The number of carboxylic acids is 1. The fourth-order valence-corrected chi connectivity index (χ4v) is 1.86. The monoisotopic (exact) mass is 288 g/mol. The van der Waals surface area contributed by atoms with Crippen molar-refractivity contribution in [3.63, 3.8) is 0 Å². The minimum atomic E-state index is -0.907. The molecule has 21 heavy (non-hydrogen) atoms. The van der Waals surface area contributed by atoms with Gasteiger partial charge in [-0.05, 0) is 29.8 Å². The minimum absolute atomic E-state index is 0.0738. The molecule has 0 atom stereocenters. The molecule has 6 heteroatoms. The van der Waals surface area contributed by atoms with Gasteiger partial charge in [0.2, 0.25) is 0 Å². The van der Waals surface area contributed by atoms with Gasteiger partial charge in [0.25, 0.3) is 0 Å². The Hall–Kier alpha value is -2.76. The van der Waals surface area contributed by atoms with E-state index in [1.807, 2.05) is 6.07 Å². The first-order valence-corrected chi connectivity index (χ1v) is 6.51. The molecule has 0 unspecified atom stereocenters. The van der Waals surface area contributed by atoms with Gasteiger partial charge in [-0.2, -0.15) is 0 Å². The fraction of sp³-hybridized carbons (Fsp3) is 0.200. The Morgan fingerprint density at radius 3 is 2.76 bits per heavy atom. The highest BCUT2D eigenvalue weighted by Crippen LogP contribution is 2.11. The van der Waals surface area contributed by atoms with Gasteiger partial charge in [0.05, 0.1) is 12.7 Å². The average Bonchev–Trinajstić information content (AvgIpc) is 2.91. The number of carbonyl (C=O) groups is 2. The number of hydrogen-bond donors (Lipinski definition) is 3. The van der Waals surface area contributed by atoms with Crippen molar-refractivity contribution in [3.05, 3.63) is 54.0 Å². The van der Waals surface area contributed by atoms with Crippen molar-refractivity contribution >= 4 is 17.7 Å². The van der Waals surface area contributed by atoms with E-state index in [9.17, 15) is 9.59 Å². The van der Waals surface area contributed by atoms with Gasteiger partial charge >= 0.3 is 12.0 Å². The van der Waals surface area contributed by atoms with Crippen LogP contribution in [0.5, 0.6) is 0 Å². The number of benzene rings is 1. The molecule has 0 radical (unpaired) electrons. The van der Waals surface area contributed by atoms with Crippen molar-refractivity contribution in [2.75, 3.05) is 11.9 Å². The van der Waals surface area contributed by atoms with E-state index in [0.29, 0.717) is 24.2 Å². The molecule has 0 spiro atoms. The SMILES string of the molecule is O=C(O)Cc1cccc(NC(=O)NCCc2ccco2)c1. The molecule has 0 fully saturated rings. The quantitative estimate of drug-likeness (QED) is 0.760. The Balaban J connectivity index is 1.80. The first kappa shape index (κ1) is 14.6. The smallest absolute Gasteiger partial charge is 0.319 e. The van der Waals surface area contributed by atoms with Crippen LogP contribution in [0.15, 0.2) is 47.1 Å². The maximum Gasteiger partial charge on any atom is 0.319 e. The molecule has 2 amide bonds.